The number of hydrogen-bond acceptors (Lipinski definition) is 4. The molecule has 0 aliphatic heterocycles. The predicted octanol–water partition coefficient (Wildman–Crippen LogP) is 8.30. The first-order valence-electron chi connectivity index (χ1n) is 12.2. The molecular formula is C28H40O3S. The molecule has 0 aromatic heterocycles. The lowest BCUT2D eigenvalue weighted by Gasteiger charge is -2.07. The number of benzene rings is 2. The quantitative estimate of drug-likeness (QED) is 0.186. The zero-order valence-corrected chi connectivity index (χ0v) is 20.4. The van der Waals surface area contributed by atoms with E-state index in [0.29, 0.717) is 0 Å². The summed E-state index contributed by atoms with van der Waals surface area (Å²) in [4.78, 5) is 0. The van der Waals surface area contributed by atoms with Gasteiger partial charge in [-0.2, -0.15) is 11.8 Å². The largest absolute Gasteiger partial charge is 0.508 e. The van der Waals surface area contributed by atoms with Crippen LogP contribution >= 0.6 is 11.8 Å². The number of ether oxygens (including phenoxy) is 1. The fourth-order valence-electron chi connectivity index (χ4n) is 3.52. The van der Waals surface area contributed by atoms with Crippen molar-refractivity contribution in [3.05, 3.63) is 53.6 Å². The Balaban J connectivity index is 1.49. The molecule has 0 saturated carbocycles. The van der Waals surface area contributed by atoms with Crippen molar-refractivity contribution in [1.29, 1.82) is 0 Å². The molecule has 0 atom stereocenters. The fourth-order valence-corrected chi connectivity index (χ4v) is 4.54. The van der Waals surface area contributed by atoms with Crippen LogP contribution in [0, 0.1) is 0 Å². The molecule has 0 radical (unpaired) electrons. The average molecular weight is 457 g/mol. The Morgan fingerprint density at radius 1 is 0.688 bits per heavy atom. The van der Waals surface area contributed by atoms with Crippen LogP contribution in [0.5, 0.6) is 17.2 Å². The van der Waals surface area contributed by atoms with Crippen LogP contribution in [0.2, 0.25) is 0 Å². The molecule has 3 nitrogen and oxygen atoms in total. The highest BCUT2D eigenvalue weighted by molar-refractivity contribution is 7.99. The van der Waals surface area contributed by atoms with Crippen LogP contribution in [-0.4, -0.2) is 28.3 Å². The first kappa shape index (κ1) is 26.2. The maximum absolute atomic E-state index is 9.54. The van der Waals surface area contributed by atoms with Gasteiger partial charge in [-0.05, 0) is 66.2 Å². The van der Waals surface area contributed by atoms with E-state index in [1.807, 2.05) is 36.4 Å². The minimum atomic E-state index is 0.0559. The van der Waals surface area contributed by atoms with Gasteiger partial charge in [0.15, 0.2) is 0 Å². The molecule has 176 valence electrons. The van der Waals surface area contributed by atoms with E-state index in [0.717, 1.165) is 29.9 Å². The van der Waals surface area contributed by atoms with Gasteiger partial charge in [-0.3, -0.25) is 0 Å². The van der Waals surface area contributed by atoms with E-state index < -0.39 is 0 Å². The van der Waals surface area contributed by atoms with Crippen LogP contribution in [0.3, 0.4) is 0 Å². The first-order valence-corrected chi connectivity index (χ1v) is 13.3. The molecule has 0 fully saturated rings. The summed E-state index contributed by atoms with van der Waals surface area (Å²) in [6.07, 6.45) is 17.1. The first-order chi connectivity index (χ1) is 15.7. The topological polar surface area (TPSA) is 49.7 Å². The van der Waals surface area contributed by atoms with Crippen LogP contribution in [-0.2, 0) is 0 Å². The molecule has 0 amide bonds. The third-order valence-electron chi connectivity index (χ3n) is 5.37. The molecule has 2 aromatic carbocycles. The van der Waals surface area contributed by atoms with Crippen molar-refractivity contribution in [1.82, 2.24) is 0 Å². The molecule has 2 N–H and O–H groups in total. The van der Waals surface area contributed by atoms with Crippen LogP contribution in [0.1, 0.15) is 82.3 Å². The molecule has 0 heterocycles. The van der Waals surface area contributed by atoms with Gasteiger partial charge < -0.3 is 14.9 Å². The number of hydrogen-bond donors (Lipinski definition) is 2. The van der Waals surface area contributed by atoms with Crippen LogP contribution in [0.25, 0.3) is 12.2 Å². The molecule has 0 bridgehead atoms. The van der Waals surface area contributed by atoms with E-state index in [1.165, 1.54) is 75.4 Å². The zero-order valence-electron chi connectivity index (χ0n) is 19.6. The van der Waals surface area contributed by atoms with Crippen molar-refractivity contribution in [2.45, 2.75) is 71.1 Å². The lowest BCUT2D eigenvalue weighted by molar-refractivity contribution is 0.305. The van der Waals surface area contributed by atoms with E-state index in [1.54, 1.807) is 12.1 Å². The van der Waals surface area contributed by atoms with Crippen LogP contribution in [0.15, 0.2) is 42.5 Å². The number of rotatable bonds is 17. The second-order valence-electron chi connectivity index (χ2n) is 8.33. The molecule has 4 heteroatoms. The molecule has 0 spiro atoms. The van der Waals surface area contributed by atoms with Crippen molar-refractivity contribution >= 4 is 23.9 Å². The van der Waals surface area contributed by atoms with Gasteiger partial charge in [0, 0.05) is 6.07 Å². The molecule has 0 unspecified atom stereocenters. The predicted molar refractivity (Wildman–Crippen MR) is 140 cm³/mol. The maximum atomic E-state index is 9.54. The summed E-state index contributed by atoms with van der Waals surface area (Å²) in [7, 11) is 0. The van der Waals surface area contributed by atoms with Gasteiger partial charge in [-0.15, -0.1) is 0 Å². The number of aromatic hydroxyl groups is 2. The van der Waals surface area contributed by atoms with E-state index >= 15 is 0 Å². The third-order valence-corrected chi connectivity index (χ3v) is 6.52. The highest BCUT2D eigenvalue weighted by atomic mass is 32.2. The Morgan fingerprint density at radius 2 is 1.25 bits per heavy atom. The third kappa shape index (κ3) is 12.1. The van der Waals surface area contributed by atoms with E-state index in [4.69, 9.17) is 4.74 Å². The Bertz CT molecular complexity index is 750. The minimum Gasteiger partial charge on any atom is -0.508 e. The Labute approximate surface area is 198 Å². The van der Waals surface area contributed by atoms with Crippen molar-refractivity contribution in [2.75, 3.05) is 18.1 Å². The van der Waals surface area contributed by atoms with Crippen molar-refractivity contribution < 1.29 is 14.9 Å². The summed E-state index contributed by atoms with van der Waals surface area (Å²) in [5.74, 6) is 3.64. The fraction of sp³-hybridized carbons (Fsp3) is 0.500. The highest BCUT2D eigenvalue weighted by Crippen LogP contribution is 2.22. The van der Waals surface area contributed by atoms with Gasteiger partial charge in [0.2, 0.25) is 0 Å². The van der Waals surface area contributed by atoms with E-state index in [9.17, 15) is 10.2 Å². The van der Waals surface area contributed by atoms with Crippen LogP contribution < -0.4 is 4.74 Å². The molecular weight excluding hydrogens is 416 g/mol. The van der Waals surface area contributed by atoms with Gasteiger partial charge >= 0.3 is 0 Å². The Morgan fingerprint density at radius 3 is 1.91 bits per heavy atom. The Hall–Kier alpha value is -2.07. The van der Waals surface area contributed by atoms with Gasteiger partial charge in [-0.25, -0.2) is 0 Å². The zero-order chi connectivity index (χ0) is 22.9. The summed E-state index contributed by atoms with van der Waals surface area (Å²) in [5.41, 5.74) is 1.79. The average Bonchev–Trinajstić information content (AvgIpc) is 2.78. The van der Waals surface area contributed by atoms with Crippen LogP contribution in [0.4, 0.5) is 0 Å². The molecule has 0 saturated heterocycles. The number of phenols is 2. The second-order valence-corrected chi connectivity index (χ2v) is 9.55. The lowest BCUT2D eigenvalue weighted by Crippen LogP contribution is -1.97. The summed E-state index contributed by atoms with van der Waals surface area (Å²) in [5, 5.41) is 19.1. The molecule has 2 aromatic rings. The smallest absolute Gasteiger partial charge is 0.119 e. The molecule has 0 aliphatic carbocycles. The summed E-state index contributed by atoms with van der Waals surface area (Å²) in [6.45, 7) is 3.04. The summed E-state index contributed by atoms with van der Waals surface area (Å²) >= 11 is 2.12. The summed E-state index contributed by atoms with van der Waals surface area (Å²) < 4.78 is 5.86. The lowest BCUT2D eigenvalue weighted by atomic mass is 10.1. The summed E-state index contributed by atoms with van der Waals surface area (Å²) in [6, 6.07) is 12.5. The van der Waals surface area contributed by atoms with Crippen molar-refractivity contribution in [3.63, 3.8) is 0 Å². The highest BCUT2D eigenvalue weighted by Gasteiger charge is 1.98. The maximum Gasteiger partial charge on any atom is 0.119 e. The normalized spacial score (nSPS) is 11.3. The number of phenolic OH excluding ortho intramolecular Hbond substituents is 2. The van der Waals surface area contributed by atoms with E-state index in [-0.39, 0.29) is 11.5 Å². The van der Waals surface area contributed by atoms with E-state index in [2.05, 4.69) is 18.7 Å². The SMILES string of the molecule is CCCCCCCCSCCCCCCOc1ccc(/C=C/c2cc(O)cc(O)c2)cc1. The van der Waals surface area contributed by atoms with Gasteiger partial charge in [0.05, 0.1) is 6.61 Å². The monoisotopic (exact) mass is 456 g/mol. The molecule has 2 rings (SSSR count). The standard InChI is InChI=1S/C28H40O3S/c1-2-3-4-5-7-10-19-32-20-11-8-6-9-18-31-28-16-14-24(15-17-28)12-13-25-21-26(29)23-27(30)22-25/h12-17,21-23,29-30H,2-11,18-20H2,1H3/b13-12+. The van der Waals surface area contributed by atoms with Crippen molar-refractivity contribution in [2.24, 2.45) is 0 Å². The number of thioether (sulfide) groups is 1. The second kappa shape index (κ2) is 16.5. The van der Waals surface area contributed by atoms with Gasteiger partial charge in [0.1, 0.15) is 17.2 Å². The van der Waals surface area contributed by atoms with Gasteiger partial charge in [0.25, 0.3) is 0 Å². The minimum absolute atomic E-state index is 0.0559. The Kier molecular flexibility index (Phi) is 13.5. The molecule has 0 aliphatic rings. The van der Waals surface area contributed by atoms with Crippen molar-refractivity contribution in [3.8, 4) is 17.2 Å². The molecule has 32 heavy (non-hydrogen) atoms. The van der Waals surface area contributed by atoms with Gasteiger partial charge in [-0.1, -0.05) is 76.2 Å². The number of unbranched alkanes of at least 4 members (excludes halogenated alkanes) is 8.